The van der Waals surface area contributed by atoms with E-state index in [1.54, 1.807) is 12.1 Å². The highest BCUT2D eigenvalue weighted by Crippen LogP contribution is 2.32. The fourth-order valence-corrected chi connectivity index (χ4v) is 3.42. The first-order valence-electron chi connectivity index (χ1n) is 6.72. The molecule has 0 heterocycles. The fourth-order valence-electron chi connectivity index (χ4n) is 2.79. The van der Waals surface area contributed by atoms with E-state index in [0.717, 1.165) is 18.5 Å². The van der Waals surface area contributed by atoms with Crippen molar-refractivity contribution in [1.82, 2.24) is 5.32 Å². The molecule has 2 nitrogen and oxygen atoms in total. The molecule has 2 rings (SSSR count). The van der Waals surface area contributed by atoms with E-state index in [-0.39, 0.29) is 5.91 Å². The summed E-state index contributed by atoms with van der Waals surface area (Å²) in [5, 5.41) is 3.68. The summed E-state index contributed by atoms with van der Waals surface area (Å²) < 4.78 is 0. The van der Waals surface area contributed by atoms with Gasteiger partial charge in [-0.2, -0.15) is 0 Å². The zero-order valence-corrected chi connectivity index (χ0v) is 12.6. The zero-order valence-electron chi connectivity index (χ0n) is 11.1. The number of benzene rings is 1. The Kier molecular flexibility index (Phi) is 5.12. The lowest BCUT2D eigenvalue weighted by atomic mass is 9.98. The van der Waals surface area contributed by atoms with Crippen molar-refractivity contribution in [2.75, 3.05) is 12.4 Å². The molecule has 4 heteroatoms. The molecule has 0 spiro atoms. The van der Waals surface area contributed by atoms with Gasteiger partial charge in [0.2, 0.25) is 0 Å². The highest BCUT2D eigenvalue weighted by atomic mass is 35.5. The second kappa shape index (κ2) is 6.62. The van der Waals surface area contributed by atoms with Crippen molar-refractivity contribution in [1.29, 1.82) is 0 Å². The minimum Gasteiger partial charge on any atom is -0.352 e. The summed E-state index contributed by atoms with van der Waals surface area (Å²) in [6.07, 6.45) is 3.57. The van der Waals surface area contributed by atoms with Crippen LogP contribution in [0.25, 0.3) is 0 Å². The van der Waals surface area contributed by atoms with Crippen LogP contribution in [0.5, 0.6) is 0 Å². The van der Waals surface area contributed by atoms with Crippen LogP contribution in [0.2, 0.25) is 5.02 Å². The summed E-state index contributed by atoms with van der Waals surface area (Å²) >= 11 is 11.8. The molecular weight excluding hydrogens is 281 g/mol. The standard InChI is InChI=1S/C15H19Cl2NO/c1-10-7-13(17)5-6-14(10)15(19)18-9-12-4-2-3-11(12)8-16/h5-7,11-12H,2-4,8-9H2,1H3,(H,18,19). The van der Waals surface area contributed by atoms with Gasteiger partial charge in [0.1, 0.15) is 0 Å². The highest BCUT2D eigenvalue weighted by molar-refractivity contribution is 6.30. The lowest BCUT2D eigenvalue weighted by Crippen LogP contribution is -2.31. The Morgan fingerprint density at radius 3 is 2.79 bits per heavy atom. The van der Waals surface area contributed by atoms with Crippen LogP contribution in [-0.2, 0) is 0 Å². The maximum absolute atomic E-state index is 12.1. The summed E-state index contributed by atoms with van der Waals surface area (Å²) in [6.45, 7) is 2.62. The van der Waals surface area contributed by atoms with Crippen LogP contribution in [0.1, 0.15) is 35.2 Å². The average Bonchev–Trinajstić information content (AvgIpc) is 2.83. The first-order chi connectivity index (χ1) is 9.11. The molecule has 1 aromatic rings. The molecule has 0 saturated heterocycles. The predicted octanol–water partition coefficient (Wildman–Crippen LogP) is 4.03. The van der Waals surface area contributed by atoms with E-state index in [1.807, 2.05) is 13.0 Å². The summed E-state index contributed by atoms with van der Waals surface area (Å²) in [6, 6.07) is 5.34. The van der Waals surface area contributed by atoms with Gasteiger partial charge in [-0.05, 0) is 55.4 Å². The SMILES string of the molecule is Cc1cc(Cl)ccc1C(=O)NCC1CCCC1CCl. The van der Waals surface area contributed by atoms with Gasteiger partial charge in [-0.1, -0.05) is 18.0 Å². The fraction of sp³-hybridized carbons (Fsp3) is 0.533. The third-order valence-corrected chi connectivity index (χ3v) is 4.60. The van der Waals surface area contributed by atoms with Crippen molar-refractivity contribution in [2.45, 2.75) is 26.2 Å². The van der Waals surface area contributed by atoms with Gasteiger partial charge in [0.05, 0.1) is 0 Å². The van der Waals surface area contributed by atoms with Crippen molar-refractivity contribution >= 4 is 29.1 Å². The van der Waals surface area contributed by atoms with Crippen molar-refractivity contribution in [3.63, 3.8) is 0 Å². The molecule has 0 bridgehead atoms. The maximum atomic E-state index is 12.1. The Labute approximate surface area is 124 Å². The summed E-state index contributed by atoms with van der Waals surface area (Å²) in [4.78, 5) is 12.1. The first-order valence-corrected chi connectivity index (χ1v) is 7.63. The molecule has 2 atom stereocenters. The molecule has 104 valence electrons. The quantitative estimate of drug-likeness (QED) is 0.836. The number of aryl methyl sites for hydroxylation is 1. The smallest absolute Gasteiger partial charge is 0.251 e. The molecule has 1 aliphatic rings. The highest BCUT2D eigenvalue weighted by Gasteiger charge is 2.26. The topological polar surface area (TPSA) is 29.1 Å². The van der Waals surface area contributed by atoms with Gasteiger partial charge in [0.25, 0.3) is 5.91 Å². The number of alkyl halides is 1. The summed E-state index contributed by atoms with van der Waals surface area (Å²) in [7, 11) is 0. The molecule has 0 aromatic heterocycles. The third kappa shape index (κ3) is 3.64. The minimum absolute atomic E-state index is 0.0191. The summed E-state index contributed by atoms with van der Waals surface area (Å²) in [5.41, 5.74) is 1.61. The maximum Gasteiger partial charge on any atom is 0.251 e. The molecule has 1 saturated carbocycles. The van der Waals surface area contributed by atoms with E-state index in [0.29, 0.717) is 28.3 Å². The van der Waals surface area contributed by atoms with E-state index in [9.17, 15) is 4.79 Å². The van der Waals surface area contributed by atoms with Crippen LogP contribution in [0.4, 0.5) is 0 Å². The van der Waals surface area contributed by atoms with Crippen molar-refractivity contribution in [2.24, 2.45) is 11.8 Å². The van der Waals surface area contributed by atoms with Gasteiger partial charge in [-0.3, -0.25) is 4.79 Å². The lowest BCUT2D eigenvalue weighted by Gasteiger charge is -2.18. The van der Waals surface area contributed by atoms with Crippen molar-refractivity contribution in [3.05, 3.63) is 34.3 Å². The van der Waals surface area contributed by atoms with Gasteiger partial charge in [0, 0.05) is 23.0 Å². The normalized spacial score (nSPS) is 22.5. The van der Waals surface area contributed by atoms with Gasteiger partial charge in [0.15, 0.2) is 0 Å². The first kappa shape index (κ1) is 14.7. The van der Waals surface area contributed by atoms with Crippen LogP contribution < -0.4 is 5.32 Å². The lowest BCUT2D eigenvalue weighted by molar-refractivity contribution is 0.0944. The molecule has 19 heavy (non-hydrogen) atoms. The number of halogens is 2. The van der Waals surface area contributed by atoms with Gasteiger partial charge >= 0.3 is 0 Å². The van der Waals surface area contributed by atoms with E-state index < -0.39 is 0 Å². The molecule has 1 amide bonds. The second-order valence-corrected chi connectivity index (χ2v) is 6.02. The minimum atomic E-state index is -0.0191. The van der Waals surface area contributed by atoms with Crippen molar-refractivity contribution < 1.29 is 4.79 Å². The van der Waals surface area contributed by atoms with Crippen LogP contribution in [-0.4, -0.2) is 18.3 Å². The Hall–Kier alpha value is -0.730. The number of carbonyl (C=O) groups excluding carboxylic acids is 1. The molecule has 0 aliphatic heterocycles. The van der Waals surface area contributed by atoms with E-state index in [2.05, 4.69) is 5.32 Å². The Balaban J connectivity index is 1.94. The van der Waals surface area contributed by atoms with Gasteiger partial charge < -0.3 is 5.32 Å². The molecular formula is C15H19Cl2NO. The number of amides is 1. The van der Waals surface area contributed by atoms with Crippen molar-refractivity contribution in [3.8, 4) is 0 Å². The molecule has 0 radical (unpaired) electrons. The third-order valence-electron chi connectivity index (χ3n) is 3.97. The predicted molar refractivity (Wildman–Crippen MR) is 80.1 cm³/mol. The zero-order chi connectivity index (χ0) is 13.8. The second-order valence-electron chi connectivity index (χ2n) is 5.27. The monoisotopic (exact) mass is 299 g/mol. The summed E-state index contributed by atoms with van der Waals surface area (Å²) in [5.74, 6) is 1.75. The molecule has 1 fully saturated rings. The Morgan fingerprint density at radius 2 is 2.11 bits per heavy atom. The molecule has 1 aliphatic carbocycles. The number of hydrogen-bond donors (Lipinski definition) is 1. The number of rotatable bonds is 4. The number of nitrogens with one attached hydrogen (secondary N) is 1. The average molecular weight is 300 g/mol. The Bertz CT molecular complexity index is 461. The van der Waals surface area contributed by atoms with E-state index in [4.69, 9.17) is 23.2 Å². The van der Waals surface area contributed by atoms with Crippen LogP contribution in [0, 0.1) is 18.8 Å². The Morgan fingerprint density at radius 1 is 1.37 bits per heavy atom. The van der Waals surface area contributed by atoms with Gasteiger partial charge in [-0.25, -0.2) is 0 Å². The largest absolute Gasteiger partial charge is 0.352 e. The molecule has 2 unspecified atom stereocenters. The van der Waals surface area contributed by atoms with Gasteiger partial charge in [-0.15, -0.1) is 11.6 Å². The molecule has 1 aromatic carbocycles. The van der Waals surface area contributed by atoms with Crippen LogP contribution >= 0.6 is 23.2 Å². The van der Waals surface area contributed by atoms with E-state index >= 15 is 0 Å². The van der Waals surface area contributed by atoms with Crippen LogP contribution in [0.15, 0.2) is 18.2 Å². The number of hydrogen-bond acceptors (Lipinski definition) is 1. The number of carbonyl (C=O) groups is 1. The van der Waals surface area contributed by atoms with E-state index in [1.165, 1.54) is 12.8 Å². The molecule has 1 N–H and O–H groups in total. The van der Waals surface area contributed by atoms with Crippen LogP contribution in [0.3, 0.4) is 0 Å².